The Morgan fingerprint density at radius 1 is 1.09 bits per heavy atom. The Labute approximate surface area is 134 Å². The fourth-order valence-electron chi connectivity index (χ4n) is 2.39. The topological polar surface area (TPSA) is 67.0 Å². The first-order valence-electron chi connectivity index (χ1n) is 7.25. The summed E-state index contributed by atoms with van der Waals surface area (Å²) in [7, 11) is 1.50. The minimum absolute atomic E-state index is 0.0412. The molecule has 0 bridgehead atoms. The molecule has 0 fully saturated rings. The summed E-state index contributed by atoms with van der Waals surface area (Å²) in [6.07, 6.45) is 1.73. The first kappa shape index (κ1) is 15.0. The molecule has 0 radical (unpaired) electrons. The van der Waals surface area contributed by atoms with E-state index in [1.54, 1.807) is 6.20 Å². The second-order valence-electron chi connectivity index (χ2n) is 5.11. The van der Waals surface area contributed by atoms with Crippen molar-refractivity contribution in [3.63, 3.8) is 0 Å². The standard InChI is InChI=1S/C18H17N3O2/c1-23-12-18(22)20-16-7-3-5-14(11-16)13-4-2-6-15(10-13)17-8-9-19-21-17/h2-11H,12H2,1H3,(H,19,21)(H,20,22). The Hall–Kier alpha value is -2.92. The molecule has 2 aromatic carbocycles. The Bertz CT molecular complexity index is 798. The number of rotatable bonds is 5. The molecular formula is C18H17N3O2. The van der Waals surface area contributed by atoms with Crippen LogP contribution < -0.4 is 5.32 Å². The molecule has 0 saturated carbocycles. The van der Waals surface area contributed by atoms with Crippen LogP contribution in [0.2, 0.25) is 0 Å². The van der Waals surface area contributed by atoms with Crippen LogP contribution in [0, 0.1) is 0 Å². The number of ether oxygens (including phenoxy) is 1. The van der Waals surface area contributed by atoms with Crippen molar-refractivity contribution in [3.05, 3.63) is 60.8 Å². The zero-order valence-corrected chi connectivity index (χ0v) is 12.7. The average Bonchev–Trinajstić information content (AvgIpc) is 3.10. The van der Waals surface area contributed by atoms with Crippen molar-refractivity contribution in [1.82, 2.24) is 10.2 Å². The second-order valence-corrected chi connectivity index (χ2v) is 5.11. The Morgan fingerprint density at radius 2 is 1.83 bits per heavy atom. The third-order valence-electron chi connectivity index (χ3n) is 3.43. The lowest BCUT2D eigenvalue weighted by atomic mass is 10.0. The maximum absolute atomic E-state index is 11.6. The van der Waals surface area contributed by atoms with Crippen molar-refractivity contribution in [2.75, 3.05) is 19.0 Å². The van der Waals surface area contributed by atoms with Gasteiger partial charge in [0.1, 0.15) is 6.61 Å². The predicted octanol–water partition coefficient (Wildman–Crippen LogP) is 3.33. The SMILES string of the molecule is COCC(=O)Nc1cccc(-c2cccc(-c3ccn[nH]3)c2)c1. The van der Waals surface area contributed by atoms with E-state index in [4.69, 9.17) is 4.74 Å². The molecule has 23 heavy (non-hydrogen) atoms. The number of H-pyrrole nitrogens is 1. The fraction of sp³-hybridized carbons (Fsp3) is 0.111. The summed E-state index contributed by atoms with van der Waals surface area (Å²) in [6, 6.07) is 17.8. The first-order chi connectivity index (χ1) is 11.3. The highest BCUT2D eigenvalue weighted by Crippen LogP contribution is 2.26. The molecule has 0 aliphatic heterocycles. The summed E-state index contributed by atoms with van der Waals surface area (Å²) >= 11 is 0. The fourth-order valence-corrected chi connectivity index (χ4v) is 2.39. The van der Waals surface area contributed by atoms with Gasteiger partial charge < -0.3 is 10.1 Å². The van der Waals surface area contributed by atoms with Gasteiger partial charge in [0.25, 0.3) is 0 Å². The van der Waals surface area contributed by atoms with Crippen LogP contribution in [0.3, 0.4) is 0 Å². The zero-order chi connectivity index (χ0) is 16.1. The number of carbonyl (C=O) groups is 1. The summed E-state index contributed by atoms with van der Waals surface area (Å²) in [5.74, 6) is -0.170. The van der Waals surface area contributed by atoms with Crippen LogP contribution in [0.5, 0.6) is 0 Å². The minimum atomic E-state index is -0.170. The third kappa shape index (κ3) is 3.64. The molecule has 1 heterocycles. The number of hydrogen-bond donors (Lipinski definition) is 2. The summed E-state index contributed by atoms with van der Waals surface area (Å²) in [5.41, 5.74) is 4.88. The molecule has 1 aromatic heterocycles. The average molecular weight is 307 g/mol. The van der Waals surface area contributed by atoms with Gasteiger partial charge in [-0.3, -0.25) is 9.89 Å². The van der Waals surface area contributed by atoms with Crippen LogP contribution in [-0.2, 0) is 9.53 Å². The summed E-state index contributed by atoms with van der Waals surface area (Å²) in [4.78, 5) is 11.6. The number of hydrogen-bond acceptors (Lipinski definition) is 3. The van der Waals surface area contributed by atoms with Crippen molar-refractivity contribution in [3.8, 4) is 22.4 Å². The number of aromatic amines is 1. The maximum Gasteiger partial charge on any atom is 0.250 e. The van der Waals surface area contributed by atoms with E-state index in [9.17, 15) is 4.79 Å². The number of nitrogens with one attached hydrogen (secondary N) is 2. The van der Waals surface area contributed by atoms with Crippen LogP contribution in [0.15, 0.2) is 60.8 Å². The third-order valence-corrected chi connectivity index (χ3v) is 3.43. The summed E-state index contributed by atoms with van der Waals surface area (Å²) in [6.45, 7) is 0.0412. The quantitative estimate of drug-likeness (QED) is 0.760. The number of amides is 1. The molecule has 5 heteroatoms. The van der Waals surface area contributed by atoms with E-state index in [-0.39, 0.29) is 12.5 Å². The van der Waals surface area contributed by atoms with E-state index in [0.717, 1.165) is 28.1 Å². The van der Waals surface area contributed by atoms with Gasteiger partial charge in [-0.05, 0) is 35.4 Å². The number of nitrogens with zero attached hydrogens (tertiary/aromatic N) is 1. The molecule has 0 aliphatic carbocycles. The van der Waals surface area contributed by atoms with Gasteiger partial charge in [-0.2, -0.15) is 5.10 Å². The van der Waals surface area contributed by atoms with Gasteiger partial charge in [0.2, 0.25) is 5.91 Å². The van der Waals surface area contributed by atoms with E-state index < -0.39 is 0 Å². The highest BCUT2D eigenvalue weighted by molar-refractivity contribution is 5.92. The summed E-state index contributed by atoms with van der Waals surface area (Å²) in [5, 5.41) is 9.76. The molecule has 3 rings (SSSR count). The van der Waals surface area contributed by atoms with Gasteiger partial charge in [0, 0.05) is 24.6 Å². The number of carbonyl (C=O) groups excluding carboxylic acids is 1. The zero-order valence-electron chi connectivity index (χ0n) is 12.7. The molecule has 116 valence electrons. The van der Waals surface area contributed by atoms with Crippen molar-refractivity contribution in [2.24, 2.45) is 0 Å². The molecular weight excluding hydrogens is 290 g/mol. The Kier molecular flexibility index (Phi) is 4.49. The van der Waals surface area contributed by atoms with Crippen LogP contribution in [0.1, 0.15) is 0 Å². The van der Waals surface area contributed by atoms with Crippen molar-refractivity contribution in [1.29, 1.82) is 0 Å². The van der Waals surface area contributed by atoms with Crippen molar-refractivity contribution >= 4 is 11.6 Å². The van der Waals surface area contributed by atoms with E-state index >= 15 is 0 Å². The van der Waals surface area contributed by atoms with Gasteiger partial charge in [0.05, 0.1) is 5.69 Å². The van der Waals surface area contributed by atoms with Crippen LogP contribution >= 0.6 is 0 Å². The Balaban J connectivity index is 1.87. The van der Waals surface area contributed by atoms with Crippen LogP contribution in [0.25, 0.3) is 22.4 Å². The predicted molar refractivity (Wildman–Crippen MR) is 90.0 cm³/mol. The number of anilines is 1. The maximum atomic E-state index is 11.6. The number of benzene rings is 2. The smallest absolute Gasteiger partial charge is 0.250 e. The van der Waals surface area contributed by atoms with E-state index in [1.165, 1.54) is 7.11 Å². The van der Waals surface area contributed by atoms with Crippen molar-refractivity contribution in [2.45, 2.75) is 0 Å². The lowest BCUT2D eigenvalue weighted by molar-refractivity contribution is -0.119. The largest absolute Gasteiger partial charge is 0.375 e. The highest BCUT2D eigenvalue weighted by Gasteiger charge is 2.05. The van der Waals surface area contributed by atoms with E-state index in [2.05, 4.69) is 21.6 Å². The first-order valence-corrected chi connectivity index (χ1v) is 7.25. The molecule has 3 aromatic rings. The molecule has 5 nitrogen and oxygen atoms in total. The number of aromatic nitrogens is 2. The monoisotopic (exact) mass is 307 g/mol. The molecule has 1 amide bonds. The van der Waals surface area contributed by atoms with Gasteiger partial charge in [-0.15, -0.1) is 0 Å². The Morgan fingerprint density at radius 3 is 2.57 bits per heavy atom. The highest BCUT2D eigenvalue weighted by atomic mass is 16.5. The summed E-state index contributed by atoms with van der Waals surface area (Å²) < 4.78 is 4.83. The molecule has 0 unspecified atom stereocenters. The molecule has 0 atom stereocenters. The normalized spacial score (nSPS) is 10.5. The van der Waals surface area contributed by atoms with Gasteiger partial charge in [-0.1, -0.05) is 30.3 Å². The van der Waals surface area contributed by atoms with E-state index in [0.29, 0.717) is 0 Å². The van der Waals surface area contributed by atoms with Gasteiger partial charge in [0.15, 0.2) is 0 Å². The molecule has 0 saturated heterocycles. The molecule has 2 N–H and O–H groups in total. The van der Waals surface area contributed by atoms with Crippen LogP contribution in [0.4, 0.5) is 5.69 Å². The lowest BCUT2D eigenvalue weighted by Gasteiger charge is -2.08. The number of methoxy groups -OCH3 is 1. The van der Waals surface area contributed by atoms with Gasteiger partial charge in [-0.25, -0.2) is 0 Å². The molecule has 0 aliphatic rings. The second kappa shape index (κ2) is 6.89. The lowest BCUT2D eigenvalue weighted by Crippen LogP contribution is -2.16. The minimum Gasteiger partial charge on any atom is -0.375 e. The van der Waals surface area contributed by atoms with Crippen molar-refractivity contribution < 1.29 is 9.53 Å². The molecule has 0 spiro atoms. The van der Waals surface area contributed by atoms with E-state index in [1.807, 2.05) is 48.5 Å². The van der Waals surface area contributed by atoms with Crippen LogP contribution in [-0.4, -0.2) is 29.8 Å². The van der Waals surface area contributed by atoms with Gasteiger partial charge >= 0.3 is 0 Å².